The molecular weight excluding hydrogens is 478 g/mol. The molecule has 0 amide bonds. The summed E-state index contributed by atoms with van der Waals surface area (Å²) in [5.41, 5.74) is 12.9. The van der Waals surface area contributed by atoms with Crippen molar-refractivity contribution in [2.75, 3.05) is 19.6 Å². The smallest absolute Gasteiger partial charge is 0.148 e. The van der Waals surface area contributed by atoms with Crippen LogP contribution < -0.4 is 25.3 Å². The summed E-state index contributed by atoms with van der Waals surface area (Å²) in [4.78, 5) is 9.89. The fourth-order valence-electron chi connectivity index (χ4n) is 6.29. The van der Waals surface area contributed by atoms with Crippen molar-refractivity contribution in [1.29, 1.82) is 0 Å². The van der Waals surface area contributed by atoms with Crippen LogP contribution in [0.5, 0.6) is 0 Å². The minimum absolute atomic E-state index is 0.0737. The SMILES string of the molecule is NC1C2N(c3ccccc3)C(N(c3ccccc3)c3ccccc3)C(N1c1ccccc1)N2c1ccccc1. The van der Waals surface area contributed by atoms with Crippen molar-refractivity contribution in [3.05, 3.63) is 152 Å². The molecule has 0 aliphatic carbocycles. The Balaban J connectivity index is 1.49. The van der Waals surface area contributed by atoms with Gasteiger partial charge >= 0.3 is 0 Å². The second kappa shape index (κ2) is 9.86. The lowest BCUT2D eigenvalue weighted by atomic mass is 10.1. The van der Waals surface area contributed by atoms with E-state index < -0.39 is 0 Å². The molecule has 2 N–H and O–H groups in total. The standard InChI is InChI=1S/C34H31N5/c35-31-32-38(29-22-12-4-13-23-29)33(36(26-16-6-1-7-17-26)27-18-8-2-9-19-27)34(37(31)28-20-10-3-11-21-28)39(32)30-24-14-5-15-25-30/h1-25,31-34H,35H2. The number of hydrogen-bond donors (Lipinski definition) is 1. The van der Waals surface area contributed by atoms with Gasteiger partial charge in [0, 0.05) is 28.4 Å². The lowest BCUT2D eigenvalue weighted by Crippen LogP contribution is -2.66. The fraction of sp³-hybridized carbons (Fsp3) is 0.118. The number of hydrogen-bond acceptors (Lipinski definition) is 5. The van der Waals surface area contributed by atoms with Gasteiger partial charge < -0.3 is 25.3 Å². The molecule has 0 aromatic heterocycles. The first-order chi connectivity index (χ1) is 19.3. The number of nitrogens with zero attached hydrogens (tertiary/aromatic N) is 4. The highest BCUT2D eigenvalue weighted by molar-refractivity contribution is 5.75. The maximum absolute atomic E-state index is 7.22. The molecule has 5 aromatic carbocycles. The summed E-state index contributed by atoms with van der Waals surface area (Å²) in [6, 6.07) is 53.4. The van der Waals surface area contributed by atoms with E-state index in [0.29, 0.717) is 0 Å². The van der Waals surface area contributed by atoms with Crippen molar-refractivity contribution in [1.82, 2.24) is 0 Å². The average Bonchev–Trinajstić information content (AvgIpc) is 3.50. The van der Waals surface area contributed by atoms with Crippen LogP contribution in [0.4, 0.5) is 28.4 Å². The van der Waals surface area contributed by atoms with Crippen molar-refractivity contribution < 1.29 is 0 Å². The molecular formula is C34H31N5. The van der Waals surface area contributed by atoms with E-state index in [-0.39, 0.29) is 24.7 Å². The minimum atomic E-state index is -0.248. The van der Waals surface area contributed by atoms with Crippen LogP contribution in [0.3, 0.4) is 0 Å². The molecule has 2 aliphatic heterocycles. The topological polar surface area (TPSA) is 39.0 Å². The number of benzene rings is 5. The first-order valence-electron chi connectivity index (χ1n) is 13.5. The number of nitrogens with two attached hydrogens (primary N) is 1. The molecule has 2 saturated heterocycles. The van der Waals surface area contributed by atoms with Crippen LogP contribution in [0.15, 0.2) is 152 Å². The van der Waals surface area contributed by atoms with Gasteiger partial charge in [0.25, 0.3) is 0 Å². The van der Waals surface area contributed by atoms with Gasteiger partial charge in [0.05, 0.1) is 0 Å². The van der Waals surface area contributed by atoms with E-state index in [1.54, 1.807) is 0 Å². The first kappa shape index (κ1) is 23.4. The number of rotatable bonds is 6. The van der Waals surface area contributed by atoms with Gasteiger partial charge in [0.15, 0.2) is 0 Å². The van der Waals surface area contributed by atoms with Crippen molar-refractivity contribution >= 4 is 28.4 Å². The van der Waals surface area contributed by atoms with Crippen molar-refractivity contribution in [3.8, 4) is 0 Å². The third-order valence-corrected chi connectivity index (χ3v) is 7.81. The third-order valence-electron chi connectivity index (χ3n) is 7.81. The normalized spacial score (nSPS) is 21.8. The lowest BCUT2D eigenvalue weighted by molar-refractivity contribution is 0.448. The molecule has 5 heteroatoms. The Morgan fingerprint density at radius 1 is 0.410 bits per heavy atom. The molecule has 0 spiro atoms. The summed E-state index contributed by atoms with van der Waals surface area (Å²) < 4.78 is 0. The largest absolute Gasteiger partial charge is 0.328 e. The van der Waals surface area contributed by atoms with E-state index in [0.717, 1.165) is 28.4 Å². The van der Waals surface area contributed by atoms with Gasteiger partial charge in [-0.05, 0) is 60.7 Å². The molecule has 0 saturated carbocycles. The Kier molecular flexibility index (Phi) is 5.91. The van der Waals surface area contributed by atoms with Gasteiger partial charge in [-0.3, -0.25) is 0 Å². The second-order valence-electron chi connectivity index (χ2n) is 10.0. The summed E-state index contributed by atoms with van der Waals surface area (Å²) in [6.45, 7) is 0. The highest BCUT2D eigenvalue weighted by Crippen LogP contribution is 2.49. The van der Waals surface area contributed by atoms with Gasteiger partial charge in [-0.25, -0.2) is 0 Å². The zero-order valence-electron chi connectivity index (χ0n) is 21.6. The predicted molar refractivity (Wildman–Crippen MR) is 161 cm³/mol. The van der Waals surface area contributed by atoms with Crippen LogP contribution in [0.25, 0.3) is 0 Å². The number of fused-ring (bicyclic) bond motifs is 2. The van der Waals surface area contributed by atoms with Crippen LogP contribution in [0.2, 0.25) is 0 Å². The Morgan fingerprint density at radius 3 is 1.21 bits per heavy atom. The van der Waals surface area contributed by atoms with Gasteiger partial charge in [-0.15, -0.1) is 0 Å². The fourth-order valence-corrected chi connectivity index (χ4v) is 6.29. The van der Waals surface area contributed by atoms with Crippen LogP contribution in [-0.2, 0) is 0 Å². The van der Waals surface area contributed by atoms with Gasteiger partial charge in [-0.2, -0.15) is 0 Å². The van der Waals surface area contributed by atoms with Crippen LogP contribution in [0, 0.1) is 0 Å². The highest BCUT2D eigenvalue weighted by atomic mass is 15.7. The Morgan fingerprint density at radius 2 is 0.769 bits per heavy atom. The molecule has 2 fully saturated rings. The molecule has 2 aliphatic rings. The van der Waals surface area contributed by atoms with Crippen molar-refractivity contribution in [2.45, 2.75) is 24.7 Å². The van der Waals surface area contributed by atoms with Gasteiger partial charge in [0.1, 0.15) is 24.7 Å². The summed E-state index contributed by atoms with van der Waals surface area (Å²) in [5, 5.41) is 0. The molecule has 192 valence electrons. The molecule has 39 heavy (non-hydrogen) atoms. The predicted octanol–water partition coefficient (Wildman–Crippen LogP) is 6.63. The molecule has 7 rings (SSSR count). The minimum Gasteiger partial charge on any atom is -0.328 e. The van der Waals surface area contributed by atoms with E-state index in [9.17, 15) is 0 Å². The molecule has 5 aromatic rings. The molecule has 5 nitrogen and oxygen atoms in total. The van der Waals surface area contributed by atoms with Crippen molar-refractivity contribution in [3.63, 3.8) is 0 Å². The van der Waals surface area contributed by atoms with Crippen LogP contribution in [-0.4, -0.2) is 24.7 Å². The van der Waals surface area contributed by atoms with Gasteiger partial charge in [0.2, 0.25) is 0 Å². The van der Waals surface area contributed by atoms with Crippen molar-refractivity contribution in [2.24, 2.45) is 5.73 Å². The Hall–Kier alpha value is -4.74. The molecule has 2 heterocycles. The maximum Gasteiger partial charge on any atom is 0.148 e. The third kappa shape index (κ3) is 3.90. The molecule has 4 unspecified atom stereocenters. The molecule has 2 bridgehead atoms. The Labute approximate surface area is 229 Å². The lowest BCUT2D eigenvalue weighted by Gasteiger charge is -2.48. The van der Waals surface area contributed by atoms with E-state index in [1.807, 2.05) is 0 Å². The molecule has 0 radical (unpaired) electrons. The monoisotopic (exact) mass is 509 g/mol. The first-order valence-corrected chi connectivity index (χ1v) is 13.5. The summed E-state index contributed by atoms with van der Waals surface area (Å²) >= 11 is 0. The summed E-state index contributed by atoms with van der Waals surface area (Å²) in [6.07, 6.45) is -0.500. The van der Waals surface area contributed by atoms with E-state index >= 15 is 0 Å². The van der Waals surface area contributed by atoms with Crippen LogP contribution in [0.1, 0.15) is 0 Å². The van der Waals surface area contributed by atoms with E-state index in [4.69, 9.17) is 5.73 Å². The summed E-state index contributed by atoms with van der Waals surface area (Å²) in [5.74, 6) is 0. The quantitative estimate of drug-likeness (QED) is 0.278. The van der Waals surface area contributed by atoms with Crippen LogP contribution >= 0.6 is 0 Å². The number of anilines is 5. The van der Waals surface area contributed by atoms with Gasteiger partial charge in [-0.1, -0.05) is 91.0 Å². The average molecular weight is 510 g/mol. The molecule has 4 atom stereocenters. The van der Waals surface area contributed by atoms with E-state index in [2.05, 4.69) is 171 Å². The Bertz CT molecular complexity index is 1460. The second-order valence-corrected chi connectivity index (χ2v) is 10.0. The zero-order chi connectivity index (χ0) is 26.2. The summed E-state index contributed by atoms with van der Waals surface area (Å²) in [7, 11) is 0. The van der Waals surface area contributed by atoms with E-state index in [1.165, 1.54) is 0 Å². The number of para-hydroxylation sites is 5. The highest BCUT2D eigenvalue weighted by Gasteiger charge is 2.62. The maximum atomic E-state index is 7.22. The number of piperazine rings is 1. The zero-order valence-corrected chi connectivity index (χ0v) is 21.6.